The van der Waals surface area contributed by atoms with Crippen LogP contribution >= 0.6 is 0 Å². The molecule has 0 unspecified atom stereocenters. The Kier molecular flexibility index (Phi) is 6.24. The normalized spacial score (nSPS) is 15.2. The van der Waals surface area contributed by atoms with Crippen LogP contribution in [0.2, 0.25) is 0 Å². The number of nitrogens with zero attached hydrogens (tertiary/aromatic N) is 5. The average molecular weight is 493 g/mol. The molecule has 1 aliphatic rings. The second-order valence-electron chi connectivity index (χ2n) is 9.74. The number of aryl methyl sites for hydroxylation is 1. The van der Waals surface area contributed by atoms with Crippen LogP contribution in [0.4, 0.5) is 5.69 Å². The van der Waals surface area contributed by atoms with E-state index in [0.717, 1.165) is 48.2 Å². The molecule has 0 spiro atoms. The van der Waals surface area contributed by atoms with Crippen molar-refractivity contribution in [2.45, 2.75) is 19.5 Å². The molecule has 1 atom stereocenters. The zero-order valence-electron chi connectivity index (χ0n) is 20.8. The maximum Gasteiger partial charge on any atom is 0.258 e. The molecule has 186 valence electrons. The van der Waals surface area contributed by atoms with Crippen LogP contribution < -0.4 is 15.4 Å². The van der Waals surface area contributed by atoms with Gasteiger partial charge in [0.15, 0.2) is 6.04 Å². The van der Waals surface area contributed by atoms with Crippen molar-refractivity contribution in [2.75, 3.05) is 31.1 Å². The first-order valence-electron chi connectivity index (χ1n) is 12.7. The second kappa shape index (κ2) is 9.99. The van der Waals surface area contributed by atoms with Gasteiger partial charge in [0.05, 0.1) is 38.3 Å². The van der Waals surface area contributed by atoms with Gasteiger partial charge in [-0.15, -0.1) is 5.10 Å². The van der Waals surface area contributed by atoms with Crippen molar-refractivity contribution in [3.05, 3.63) is 118 Å². The van der Waals surface area contributed by atoms with Gasteiger partial charge >= 0.3 is 0 Å². The molecule has 5 aromatic rings. The van der Waals surface area contributed by atoms with Crippen molar-refractivity contribution in [1.82, 2.24) is 25.2 Å². The maximum atomic E-state index is 13.5. The number of rotatable bonds is 6. The summed E-state index contributed by atoms with van der Waals surface area (Å²) in [7, 11) is 0. The van der Waals surface area contributed by atoms with Gasteiger partial charge in [-0.25, -0.2) is 4.68 Å². The first kappa shape index (κ1) is 23.1. The second-order valence-corrected chi connectivity index (χ2v) is 9.74. The minimum atomic E-state index is -0.286. The van der Waals surface area contributed by atoms with Crippen molar-refractivity contribution < 1.29 is 4.90 Å². The van der Waals surface area contributed by atoms with Crippen molar-refractivity contribution in [1.29, 1.82) is 0 Å². The zero-order valence-corrected chi connectivity index (χ0v) is 20.8. The van der Waals surface area contributed by atoms with E-state index in [4.69, 9.17) is 0 Å². The highest BCUT2D eigenvalue weighted by Crippen LogP contribution is 2.21. The molecule has 0 radical (unpaired) electrons. The van der Waals surface area contributed by atoms with Crippen LogP contribution in [-0.4, -0.2) is 51.4 Å². The van der Waals surface area contributed by atoms with Crippen molar-refractivity contribution in [2.24, 2.45) is 0 Å². The lowest BCUT2D eigenvalue weighted by molar-refractivity contribution is -0.927. The summed E-state index contributed by atoms with van der Waals surface area (Å²) in [4.78, 5) is 20.3. The number of nitrogens with one attached hydrogen (secondary N) is 2. The van der Waals surface area contributed by atoms with Gasteiger partial charge in [0, 0.05) is 11.2 Å². The van der Waals surface area contributed by atoms with Crippen LogP contribution in [0.5, 0.6) is 0 Å². The van der Waals surface area contributed by atoms with Crippen LogP contribution in [-0.2, 0) is 6.54 Å². The number of fused-ring (bicyclic) bond motifs is 1. The van der Waals surface area contributed by atoms with Crippen molar-refractivity contribution in [3.63, 3.8) is 0 Å². The summed E-state index contributed by atoms with van der Waals surface area (Å²) in [6, 6.07) is 28.6. The molecular weight excluding hydrogens is 462 g/mol. The van der Waals surface area contributed by atoms with Gasteiger partial charge in [0.25, 0.3) is 5.56 Å². The van der Waals surface area contributed by atoms with E-state index in [-0.39, 0.29) is 11.6 Å². The SMILES string of the molecule is Cc1ccc2cc([C@H](c3nnnn3Cc3ccccc3)[NH+]3CCN(c4ccccc4)CC3)c(=O)[nH]c2c1. The first-order chi connectivity index (χ1) is 18.2. The molecule has 0 saturated carbocycles. The molecule has 0 amide bonds. The lowest BCUT2D eigenvalue weighted by Crippen LogP contribution is -3.15. The van der Waals surface area contributed by atoms with E-state index in [2.05, 4.69) is 73.9 Å². The third kappa shape index (κ3) is 4.75. The fourth-order valence-corrected chi connectivity index (χ4v) is 5.35. The number of piperazine rings is 1. The Morgan fingerprint density at radius 1 is 0.946 bits per heavy atom. The Hall–Kier alpha value is -4.30. The Balaban J connectivity index is 1.39. The van der Waals surface area contributed by atoms with Crippen LogP contribution in [0.3, 0.4) is 0 Å². The van der Waals surface area contributed by atoms with E-state index in [1.165, 1.54) is 10.6 Å². The van der Waals surface area contributed by atoms with Crippen molar-refractivity contribution >= 4 is 16.6 Å². The summed E-state index contributed by atoms with van der Waals surface area (Å²) in [5.41, 5.74) is 4.91. The fraction of sp³-hybridized carbons (Fsp3) is 0.241. The zero-order chi connectivity index (χ0) is 25.2. The minimum Gasteiger partial charge on any atom is -0.360 e. The third-order valence-electron chi connectivity index (χ3n) is 7.27. The molecule has 1 saturated heterocycles. The number of benzene rings is 3. The number of aromatic nitrogens is 5. The number of pyridine rings is 1. The fourth-order valence-electron chi connectivity index (χ4n) is 5.35. The number of hydrogen-bond acceptors (Lipinski definition) is 5. The highest BCUT2D eigenvalue weighted by Gasteiger charge is 2.36. The standard InChI is InChI=1S/C29H29N7O/c1-21-12-13-23-19-25(29(37)30-26(23)18-21)27(28-31-32-33-36(28)20-22-8-4-2-5-9-22)35-16-14-34(15-17-35)24-10-6-3-7-11-24/h2-13,18-19,27H,14-17,20H2,1H3,(H,30,37)/p+1/t27-/m1/s1. The summed E-state index contributed by atoms with van der Waals surface area (Å²) < 4.78 is 1.84. The van der Waals surface area contributed by atoms with Gasteiger partial charge in [-0.2, -0.15) is 0 Å². The van der Waals surface area contributed by atoms with E-state index in [1.807, 2.05) is 48.0 Å². The lowest BCUT2D eigenvalue weighted by Gasteiger charge is -2.37. The summed E-state index contributed by atoms with van der Waals surface area (Å²) in [5.74, 6) is 0.712. The molecule has 2 N–H and O–H groups in total. The van der Waals surface area contributed by atoms with E-state index >= 15 is 0 Å². The Morgan fingerprint density at radius 2 is 1.68 bits per heavy atom. The Morgan fingerprint density at radius 3 is 2.43 bits per heavy atom. The Labute approximate surface area is 215 Å². The molecule has 1 aliphatic heterocycles. The van der Waals surface area contributed by atoms with Gasteiger partial charge in [-0.1, -0.05) is 60.7 Å². The molecule has 8 heteroatoms. The first-order valence-corrected chi connectivity index (χ1v) is 12.7. The largest absolute Gasteiger partial charge is 0.360 e. The number of quaternary nitrogens is 1. The van der Waals surface area contributed by atoms with Gasteiger partial charge in [0.2, 0.25) is 5.82 Å². The van der Waals surface area contributed by atoms with E-state index < -0.39 is 0 Å². The van der Waals surface area contributed by atoms with Crippen LogP contribution in [0, 0.1) is 6.92 Å². The maximum absolute atomic E-state index is 13.5. The number of anilines is 1. The molecular formula is C29H30N7O+. The molecule has 0 bridgehead atoms. The third-order valence-corrected chi connectivity index (χ3v) is 7.27. The van der Waals surface area contributed by atoms with E-state index in [0.29, 0.717) is 17.9 Å². The summed E-state index contributed by atoms with van der Waals surface area (Å²) >= 11 is 0. The number of H-pyrrole nitrogens is 1. The molecule has 8 nitrogen and oxygen atoms in total. The summed E-state index contributed by atoms with van der Waals surface area (Å²) in [6.07, 6.45) is 0. The molecule has 3 heterocycles. The number of para-hydroxylation sites is 1. The van der Waals surface area contributed by atoms with Crippen LogP contribution in [0.15, 0.2) is 89.7 Å². The van der Waals surface area contributed by atoms with E-state index in [1.54, 1.807) is 0 Å². The van der Waals surface area contributed by atoms with Gasteiger partial charge in [-0.3, -0.25) is 4.79 Å². The van der Waals surface area contributed by atoms with E-state index in [9.17, 15) is 4.79 Å². The summed E-state index contributed by atoms with van der Waals surface area (Å²) in [5, 5.41) is 13.9. The molecule has 0 aliphatic carbocycles. The average Bonchev–Trinajstić information content (AvgIpc) is 3.38. The quantitative estimate of drug-likeness (QED) is 0.380. The number of tetrazole rings is 1. The molecule has 3 aromatic carbocycles. The monoisotopic (exact) mass is 492 g/mol. The number of aromatic amines is 1. The predicted molar refractivity (Wildman–Crippen MR) is 144 cm³/mol. The minimum absolute atomic E-state index is 0.0876. The predicted octanol–water partition coefficient (Wildman–Crippen LogP) is 2.37. The highest BCUT2D eigenvalue weighted by molar-refractivity contribution is 5.79. The summed E-state index contributed by atoms with van der Waals surface area (Å²) in [6.45, 7) is 6.09. The van der Waals surface area contributed by atoms with Gasteiger partial charge in [0.1, 0.15) is 0 Å². The lowest BCUT2D eigenvalue weighted by atomic mass is 10.0. The molecule has 37 heavy (non-hydrogen) atoms. The molecule has 1 fully saturated rings. The highest BCUT2D eigenvalue weighted by atomic mass is 16.1. The van der Waals surface area contributed by atoms with Gasteiger partial charge < -0.3 is 14.8 Å². The smallest absolute Gasteiger partial charge is 0.258 e. The van der Waals surface area contributed by atoms with Crippen LogP contribution in [0.25, 0.3) is 10.9 Å². The molecule has 2 aromatic heterocycles. The number of hydrogen-bond donors (Lipinski definition) is 2. The molecule has 6 rings (SSSR count). The van der Waals surface area contributed by atoms with Crippen LogP contribution in [0.1, 0.15) is 28.6 Å². The van der Waals surface area contributed by atoms with Crippen molar-refractivity contribution in [3.8, 4) is 0 Å². The topological polar surface area (TPSA) is 84.1 Å². The van der Waals surface area contributed by atoms with Gasteiger partial charge in [-0.05, 0) is 58.1 Å². The Bertz CT molecular complexity index is 1550.